The number of halogens is 1. The van der Waals surface area contributed by atoms with Gasteiger partial charge in [-0.25, -0.2) is 0 Å². The molecule has 0 aromatic heterocycles. The van der Waals surface area contributed by atoms with Crippen molar-refractivity contribution in [3.63, 3.8) is 0 Å². The van der Waals surface area contributed by atoms with Crippen molar-refractivity contribution in [1.82, 2.24) is 0 Å². The molecule has 2 heteroatoms. The second-order valence-corrected chi connectivity index (χ2v) is 4.46. The fourth-order valence-electron chi connectivity index (χ4n) is 1.92. The number of aliphatic hydroxyl groups is 1. The van der Waals surface area contributed by atoms with Crippen molar-refractivity contribution in [3.05, 3.63) is 34.3 Å². The number of hydrogen-bond donors (Lipinski definition) is 1. The van der Waals surface area contributed by atoms with Gasteiger partial charge in [0.25, 0.3) is 0 Å². The predicted molar refractivity (Wildman–Crippen MR) is 65.2 cm³/mol. The summed E-state index contributed by atoms with van der Waals surface area (Å²) in [4.78, 5) is 0. The normalized spacial score (nSPS) is 13.2. The van der Waals surface area contributed by atoms with Crippen LogP contribution >= 0.6 is 11.6 Å². The van der Waals surface area contributed by atoms with E-state index in [1.54, 1.807) is 0 Å². The summed E-state index contributed by atoms with van der Waals surface area (Å²) in [6, 6.07) is 5.70. The molecular weight excluding hydrogens is 208 g/mol. The van der Waals surface area contributed by atoms with Crippen molar-refractivity contribution in [2.45, 2.75) is 39.7 Å². The molecule has 1 aromatic rings. The van der Waals surface area contributed by atoms with E-state index in [-0.39, 0.29) is 0 Å². The Balaban J connectivity index is 2.98. The maximum Gasteiger partial charge on any atom is 0.0821 e. The smallest absolute Gasteiger partial charge is 0.0821 e. The first kappa shape index (κ1) is 12.5. The van der Waals surface area contributed by atoms with Gasteiger partial charge in [-0.1, -0.05) is 44.4 Å². The van der Waals surface area contributed by atoms with Crippen LogP contribution in [0.5, 0.6) is 0 Å². The third-order valence-electron chi connectivity index (χ3n) is 3.06. The molecule has 1 atom stereocenters. The van der Waals surface area contributed by atoms with E-state index in [0.717, 1.165) is 24.0 Å². The summed E-state index contributed by atoms with van der Waals surface area (Å²) in [5.74, 6) is 0.321. The van der Waals surface area contributed by atoms with Crippen LogP contribution in [0.4, 0.5) is 0 Å². The standard InChI is InChI=1S/C13H19ClO/c1-4-10(5-2)13(15)12-8-11(14)7-6-9(12)3/h6-8,10,13,15H,4-5H2,1-3H3. The Labute approximate surface area is 97.1 Å². The van der Waals surface area contributed by atoms with Crippen molar-refractivity contribution < 1.29 is 5.11 Å². The largest absolute Gasteiger partial charge is 0.388 e. The van der Waals surface area contributed by atoms with Crippen LogP contribution in [0.3, 0.4) is 0 Å². The first-order valence-corrected chi connectivity index (χ1v) is 5.92. The lowest BCUT2D eigenvalue weighted by Gasteiger charge is -2.22. The van der Waals surface area contributed by atoms with Gasteiger partial charge in [-0.2, -0.15) is 0 Å². The van der Waals surface area contributed by atoms with Crippen LogP contribution in [0.15, 0.2) is 18.2 Å². The highest BCUT2D eigenvalue weighted by molar-refractivity contribution is 6.30. The number of rotatable bonds is 4. The molecule has 0 aliphatic heterocycles. The second kappa shape index (κ2) is 5.53. The molecule has 0 amide bonds. The van der Waals surface area contributed by atoms with Gasteiger partial charge in [0, 0.05) is 5.02 Å². The number of benzene rings is 1. The van der Waals surface area contributed by atoms with Gasteiger partial charge in [-0.05, 0) is 36.1 Å². The van der Waals surface area contributed by atoms with Crippen molar-refractivity contribution in [2.75, 3.05) is 0 Å². The summed E-state index contributed by atoms with van der Waals surface area (Å²) >= 11 is 5.94. The van der Waals surface area contributed by atoms with Gasteiger partial charge in [-0.15, -0.1) is 0 Å². The van der Waals surface area contributed by atoms with Gasteiger partial charge in [0.1, 0.15) is 0 Å². The molecule has 0 fully saturated rings. The Morgan fingerprint density at radius 2 is 1.87 bits per heavy atom. The molecule has 1 rings (SSSR count). The average molecular weight is 227 g/mol. The van der Waals surface area contributed by atoms with Crippen LogP contribution in [0, 0.1) is 12.8 Å². The fraction of sp³-hybridized carbons (Fsp3) is 0.538. The Bertz CT molecular complexity index is 318. The highest BCUT2D eigenvalue weighted by Crippen LogP contribution is 2.30. The maximum absolute atomic E-state index is 10.2. The molecule has 1 unspecified atom stereocenters. The zero-order valence-corrected chi connectivity index (χ0v) is 10.4. The Kier molecular flexibility index (Phi) is 4.62. The van der Waals surface area contributed by atoms with Crippen LogP contribution in [-0.4, -0.2) is 5.11 Å². The maximum atomic E-state index is 10.2. The minimum absolute atomic E-state index is 0.321. The van der Waals surface area contributed by atoms with Crippen LogP contribution in [-0.2, 0) is 0 Å². The Morgan fingerprint density at radius 3 is 2.40 bits per heavy atom. The second-order valence-electron chi connectivity index (χ2n) is 4.02. The molecule has 15 heavy (non-hydrogen) atoms. The Hall–Kier alpha value is -0.530. The third kappa shape index (κ3) is 2.96. The molecule has 0 saturated heterocycles. The molecule has 0 spiro atoms. The molecule has 1 aromatic carbocycles. The summed E-state index contributed by atoms with van der Waals surface area (Å²) in [7, 11) is 0. The molecular formula is C13H19ClO. The predicted octanol–water partition coefficient (Wildman–Crippen LogP) is 4.12. The zero-order chi connectivity index (χ0) is 11.4. The number of aliphatic hydroxyl groups excluding tert-OH is 1. The minimum atomic E-state index is -0.390. The molecule has 0 aliphatic rings. The van der Waals surface area contributed by atoms with Crippen LogP contribution in [0.25, 0.3) is 0 Å². The SMILES string of the molecule is CCC(CC)C(O)c1cc(Cl)ccc1C. The van der Waals surface area contributed by atoms with Crippen molar-refractivity contribution in [2.24, 2.45) is 5.92 Å². The quantitative estimate of drug-likeness (QED) is 0.819. The van der Waals surface area contributed by atoms with Gasteiger partial charge < -0.3 is 5.11 Å². The van der Waals surface area contributed by atoms with E-state index in [1.165, 1.54) is 0 Å². The summed E-state index contributed by atoms with van der Waals surface area (Å²) in [5.41, 5.74) is 2.08. The van der Waals surface area contributed by atoms with Gasteiger partial charge in [0.15, 0.2) is 0 Å². The number of hydrogen-bond acceptors (Lipinski definition) is 1. The topological polar surface area (TPSA) is 20.2 Å². The van der Waals surface area contributed by atoms with Gasteiger partial charge in [-0.3, -0.25) is 0 Å². The van der Waals surface area contributed by atoms with Gasteiger partial charge >= 0.3 is 0 Å². The lowest BCUT2D eigenvalue weighted by Crippen LogP contribution is -2.12. The van der Waals surface area contributed by atoms with E-state index >= 15 is 0 Å². The first-order chi connectivity index (χ1) is 7.10. The summed E-state index contributed by atoms with van der Waals surface area (Å²) in [6.07, 6.45) is 1.59. The van der Waals surface area contributed by atoms with Crippen LogP contribution in [0.2, 0.25) is 5.02 Å². The van der Waals surface area contributed by atoms with Crippen molar-refractivity contribution in [1.29, 1.82) is 0 Å². The lowest BCUT2D eigenvalue weighted by molar-refractivity contribution is 0.103. The van der Waals surface area contributed by atoms with Crippen LogP contribution < -0.4 is 0 Å². The van der Waals surface area contributed by atoms with Gasteiger partial charge in [0.05, 0.1) is 6.10 Å². The number of aryl methyl sites for hydroxylation is 1. The average Bonchev–Trinajstić information content (AvgIpc) is 2.23. The lowest BCUT2D eigenvalue weighted by atomic mass is 9.89. The molecule has 0 bridgehead atoms. The Morgan fingerprint density at radius 1 is 1.27 bits per heavy atom. The molecule has 84 valence electrons. The van der Waals surface area contributed by atoms with E-state index in [1.807, 2.05) is 25.1 Å². The molecule has 0 saturated carbocycles. The van der Waals surface area contributed by atoms with E-state index in [2.05, 4.69) is 13.8 Å². The minimum Gasteiger partial charge on any atom is -0.388 e. The highest BCUT2D eigenvalue weighted by Gasteiger charge is 2.19. The molecule has 0 heterocycles. The van der Waals surface area contributed by atoms with E-state index in [9.17, 15) is 5.11 Å². The van der Waals surface area contributed by atoms with Gasteiger partial charge in [0.2, 0.25) is 0 Å². The third-order valence-corrected chi connectivity index (χ3v) is 3.29. The van der Waals surface area contributed by atoms with Crippen molar-refractivity contribution >= 4 is 11.6 Å². The highest BCUT2D eigenvalue weighted by atomic mass is 35.5. The molecule has 1 nitrogen and oxygen atoms in total. The van der Waals surface area contributed by atoms with E-state index in [4.69, 9.17) is 11.6 Å². The zero-order valence-electron chi connectivity index (χ0n) is 9.63. The fourth-order valence-corrected chi connectivity index (χ4v) is 2.10. The van der Waals surface area contributed by atoms with E-state index in [0.29, 0.717) is 10.9 Å². The van der Waals surface area contributed by atoms with E-state index < -0.39 is 6.10 Å². The molecule has 0 aliphatic carbocycles. The summed E-state index contributed by atoms with van der Waals surface area (Å²) < 4.78 is 0. The first-order valence-electron chi connectivity index (χ1n) is 5.54. The monoisotopic (exact) mass is 226 g/mol. The molecule has 1 N–H and O–H groups in total. The van der Waals surface area contributed by atoms with Crippen LogP contribution in [0.1, 0.15) is 43.9 Å². The summed E-state index contributed by atoms with van der Waals surface area (Å²) in [6.45, 7) is 6.23. The molecule has 0 radical (unpaired) electrons. The van der Waals surface area contributed by atoms with Crippen molar-refractivity contribution in [3.8, 4) is 0 Å². The summed E-state index contributed by atoms with van der Waals surface area (Å²) in [5, 5.41) is 10.9.